The van der Waals surface area contributed by atoms with Gasteiger partial charge in [-0.25, -0.2) is 13.8 Å². The summed E-state index contributed by atoms with van der Waals surface area (Å²) in [5.41, 5.74) is -0.670. The predicted octanol–water partition coefficient (Wildman–Crippen LogP) is 3.83. The van der Waals surface area contributed by atoms with E-state index in [0.29, 0.717) is 0 Å². The summed E-state index contributed by atoms with van der Waals surface area (Å²) in [6, 6.07) is 0.831. The molecule has 0 aliphatic rings. The maximum absolute atomic E-state index is 12.5. The van der Waals surface area contributed by atoms with E-state index in [1.54, 1.807) is 0 Å². The van der Waals surface area contributed by atoms with Crippen molar-refractivity contribution in [2.24, 2.45) is 0 Å². The molecule has 0 amide bonds. The molecular weight excluding hydrogens is 348 g/mol. The Kier molecular flexibility index (Phi) is 3.92. The molecule has 0 unspecified atom stereocenters. The highest BCUT2D eigenvalue weighted by molar-refractivity contribution is 14.1. The third-order valence-electron chi connectivity index (χ3n) is 1.55. The SMILES string of the molecule is Cc1cc(OC(F)(F)F)c(C(F)F)c(I)n1. The van der Waals surface area contributed by atoms with Crippen molar-refractivity contribution in [3.8, 4) is 5.75 Å². The molecule has 0 saturated carbocycles. The molecule has 0 spiro atoms. The fourth-order valence-electron chi connectivity index (χ4n) is 1.02. The van der Waals surface area contributed by atoms with Crippen molar-refractivity contribution in [2.45, 2.75) is 19.7 Å². The number of pyridine rings is 1. The van der Waals surface area contributed by atoms with Crippen LogP contribution >= 0.6 is 22.6 Å². The number of aromatic nitrogens is 1. The van der Waals surface area contributed by atoms with Crippen LogP contribution in [0.5, 0.6) is 5.75 Å². The average molecular weight is 353 g/mol. The first-order chi connectivity index (χ1) is 7.20. The van der Waals surface area contributed by atoms with E-state index < -0.39 is 24.1 Å². The minimum absolute atomic E-state index is 0.174. The zero-order valence-corrected chi connectivity index (χ0v) is 9.94. The van der Waals surface area contributed by atoms with E-state index in [9.17, 15) is 22.0 Å². The fourth-order valence-corrected chi connectivity index (χ4v) is 1.90. The second-order valence-electron chi connectivity index (χ2n) is 2.81. The minimum atomic E-state index is -5.00. The number of aryl methyl sites for hydroxylation is 1. The van der Waals surface area contributed by atoms with Gasteiger partial charge >= 0.3 is 6.36 Å². The molecule has 1 heterocycles. The molecule has 0 saturated heterocycles. The van der Waals surface area contributed by atoms with E-state index in [2.05, 4.69) is 9.72 Å². The van der Waals surface area contributed by atoms with Crippen LogP contribution in [0.25, 0.3) is 0 Å². The Morgan fingerprint density at radius 2 is 1.94 bits per heavy atom. The van der Waals surface area contributed by atoms with Crippen molar-refractivity contribution in [1.29, 1.82) is 0 Å². The summed E-state index contributed by atoms with van der Waals surface area (Å²) in [6.45, 7) is 1.39. The van der Waals surface area contributed by atoms with Crippen LogP contribution in [0.2, 0.25) is 0 Å². The van der Waals surface area contributed by atoms with Gasteiger partial charge in [-0.15, -0.1) is 13.2 Å². The molecule has 2 nitrogen and oxygen atoms in total. The van der Waals surface area contributed by atoms with Crippen LogP contribution in [0.1, 0.15) is 17.7 Å². The highest BCUT2D eigenvalue weighted by atomic mass is 127. The van der Waals surface area contributed by atoms with Gasteiger partial charge < -0.3 is 4.74 Å². The van der Waals surface area contributed by atoms with Crippen LogP contribution < -0.4 is 4.74 Å². The van der Waals surface area contributed by atoms with E-state index in [0.717, 1.165) is 6.07 Å². The van der Waals surface area contributed by atoms with Gasteiger partial charge in [-0.1, -0.05) is 0 Å². The third-order valence-corrected chi connectivity index (χ3v) is 2.37. The fraction of sp³-hybridized carbons (Fsp3) is 0.375. The van der Waals surface area contributed by atoms with Crippen molar-refractivity contribution in [3.05, 3.63) is 21.0 Å². The Bertz CT molecular complexity index is 393. The quantitative estimate of drug-likeness (QED) is 0.458. The Morgan fingerprint density at radius 1 is 1.38 bits per heavy atom. The number of rotatable bonds is 2. The number of halogens is 6. The lowest BCUT2D eigenvalue weighted by Gasteiger charge is -2.14. The topological polar surface area (TPSA) is 22.1 Å². The van der Waals surface area contributed by atoms with E-state index in [1.807, 2.05) is 0 Å². The van der Waals surface area contributed by atoms with Gasteiger partial charge in [0.05, 0.1) is 5.56 Å². The van der Waals surface area contributed by atoms with Gasteiger partial charge in [0.15, 0.2) is 0 Å². The molecular formula is C8H5F5INO. The van der Waals surface area contributed by atoms with Crippen LogP contribution in [0.15, 0.2) is 6.07 Å². The molecule has 16 heavy (non-hydrogen) atoms. The summed E-state index contributed by atoms with van der Waals surface area (Å²) in [6.07, 6.45) is -8.07. The Labute approximate surface area is 101 Å². The third kappa shape index (κ3) is 3.42. The summed E-state index contributed by atoms with van der Waals surface area (Å²) in [5.74, 6) is -0.903. The zero-order valence-electron chi connectivity index (χ0n) is 7.78. The van der Waals surface area contributed by atoms with Gasteiger partial charge in [-0.05, 0) is 29.5 Å². The number of nitrogens with zero attached hydrogens (tertiary/aromatic N) is 1. The van der Waals surface area contributed by atoms with Gasteiger partial charge in [0.2, 0.25) is 0 Å². The highest BCUT2D eigenvalue weighted by Crippen LogP contribution is 2.35. The second-order valence-corrected chi connectivity index (χ2v) is 3.84. The molecule has 0 aliphatic heterocycles. The summed E-state index contributed by atoms with van der Waals surface area (Å²) < 4.78 is 64.2. The predicted molar refractivity (Wildman–Crippen MR) is 53.3 cm³/mol. The standard InChI is InChI=1S/C8H5F5INO/c1-3-2-4(16-8(11,12)13)5(6(9)10)7(14)15-3/h2,6H,1H3. The molecule has 1 aromatic heterocycles. The largest absolute Gasteiger partial charge is 0.573 e. The summed E-state index contributed by atoms with van der Waals surface area (Å²) in [4.78, 5) is 3.64. The molecule has 0 radical (unpaired) electrons. The van der Waals surface area contributed by atoms with E-state index >= 15 is 0 Å². The molecule has 1 rings (SSSR count). The molecule has 0 aromatic carbocycles. The molecule has 0 N–H and O–H groups in total. The zero-order chi connectivity index (χ0) is 12.5. The lowest BCUT2D eigenvalue weighted by molar-refractivity contribution is -0.275. The molecule has 0 bridgehead atoms. The lowest BCUT2D eigenvalue weighted by atomic mass is 10.2. The molecule has 0 atom stereocenters. The summed E-state index contributed by atoms with van der Waals surface area (Å²) >= 11 is 1.44. The number of hydrogen-bond donors (Lipinski definition) is 0. The summed E-state index contributed by atoms with van der Waals surface area (Å²) in [5, 5.41) is 0. The minimum Gasteiger partial charge on any atom is -0.405 e. The van der Waals surface area contributed by atoms with Crippen molar-refractivity contribution < 1.29 is 26.7 Å². The van der Waals surface area contributed by atoms with Gasteiger partial charge in [-0.3, -0.25) is 0 Å². The van der Waals surface area contributed by atoms with Crippen LogP contribution in [0.4, 0.5) is 22.0 Å². The molecule has 90 valence electrons. The van der Waals surface area contributed by atoms with Crippen molar-refractivity contribution in [3.63, 3.8) is 0 Å². The van der Waals surface area contributed by atoms with Crippen LogP contribution in [0, 0.1) is 10.6 Å². The maximum atomic E-state index is 12.5. The first kappa shape index (κ1) is 13.4. The Balaban J connectivity index is 3.24. The molecule has 8 heteroatoms. The summed E-state index contributed by atoms with van der Waals surface area (Å²) in [7, 11) is 0. The van der Waals surface area contributed by atoms with E-state index in [-0.39, 0.29) is 9.39 Å². The van der Waals surface area contributed by atoms with Gasteiger partial charge in [0.1, 0.15) is 9.45 Å². The number of hydrogen-bond acceptors (Lipinski definition) is 2. The molecule has 1 aromatic rings. The average Bonchev–Trinajstić information content (AvgIpc) is 1.96. The van der Waals surface area contributed by atoms with Crippen LogP contribution in [-0.2, 0) is 0 Å². The number of ether oxygens (including phenoxy) is 1. The smallest absolute Gasteiger partial charge is 0.405 e. The van der Waals surface area contributed by atoms with E-state index in [1.165, 1.54) is 29.5 Å². The van der Waals surface area contributed by atoms with Crippen LogP contribution in [0.3, 0.4) is 0 Å². The molecule has 0 fully saturated rings. The maximum Gasteiger partial charge on any atom is 0.573 e. The second kappa shape index (κ2) is 4.68. The van der Waals surface area contributed by atoms with Gasteiger partial charge in [0.25, 0.3) is 6.43 Å². The van der Waals surface area contributed by atoms with E-state index in [4.69, 9.17) is 0 Å². The Morgan fingerprint density at radius 3 is 2.38 bits per heavy atom. The van der Waals surface area contributed by atoms with Crippen LogP contribution in [-0.4, -0.2) is 11.3 Å². The van der Waals surface area contributed by atoms with Gasteiger partial charge in [-0.2, -0.15) is 0 Å². The highest BCUT2D eigenvalue weighted by Gasteiger charge is 2.34. The molecule has 0 aliphatic carbocycles. The van der Waals surface area contributed by atoms with Crippen molar-refractivity contribution in [2.75, 3.05) is 0 Å². The van der Waals surface area contributed by atoms with Gasteiger partial charge in [0, 0.05) is 11.8 Å². The monoisotopic (exact) mass is 353 g/mol. The van der Waals surface area contributed by atoms with Crippen molar-refractivity contribution >= 4 is 22.6 Å². The van der Waals surface area contributed by atoms with Crippen molar-refractivity contribution in [1.82, 2.24) is 4.98 Å². The lowest BCUT2D eigenvalue weighted by Crippen LogP contribution is -2.19. The first-order valence-electron chi connectivity index (χ1n) is 3.91. The number of alkyl halides is 5. The normalized spacial score (nSPS) is 12.0. The Hall–Kier alpha value is -0.670. The first-order valence-corrected chi connectivity index (χ1v) is 4.99.